The smallest absolute Gasteiger partial charge is 0.273 e. The number of amides is 1. The third kappa shape index (κ3) is 2.94. The van der Waals surface area contributed by atoms with E-state index in [2.05, 4.69) is 10.1 Å². The molecule has 1 aliphatic heterocycles. The van der Waals surface area contributed by atoms with Gasteiger partial charge in [0.15, 0.2) is 0 Å². The topological polar surface area (TPSA) is 65.2 Å². The molecule has 1 amide bonds. The molecular formula is C18H19N5O2. The molecule has 0 spiro atoms. The number of hydrogen-bond donors (Lipinski definition) is 0. The van der Waals surface area contributed by atoms with Crippen LogP contribution in [0.1, 0.15) is 22.2 Å². The van der Waals surface area contributed by atoms with Gasteiger partial charge in [0.25, 0.3) is 5.91 Å². The predicted molar refractivity (Wildman–Crippen MR) is 91.4 cm³/mol. The number of pyridine rings is 1. The molecule has 1 aliphatic rings. The van der Waals surface area contributed by atoms with Crippen molar-refractivity contribution < 1.29 is 9.53 Å². The fourth-order valence-corrected chi connectivity index (χ4v) is 3.16. The maximum absolute atomic E-state index is 13.1. The number of aryl methyl sites for hydroxylation is 1. The molecule has 0 aliphatic carbocycles. The molecule has 1 fully saturated rings. The van der Waals surface area contributed by atoms with Crippen LogP contribution in [-0.2, 0) is 11.8 Å². The van der Waals surface area contributed by atoms with E-state index in [1.165, 1.54) is 0 Å². The van der Waals surface area contributed by atoms with Crippen LogP contribution in [0.2, 0.25) is 0 Å². The zero-order valence-corrected chi connectivity index (χ0v) is 13.9. The molecule has 0 bridgehead atoms. The van der Waals surface area contributed by atoms with Gasteiger partial charge >= 0.3 is 0 Å². The zero-order chi connectivity index (χ0) is 17.2. The average Bonchev–Trinajstić information content (AvgIpc) is 3.33. The molecule has 25 heavy (non-hydrogen) atoms. The van der Waals surface area contributed by atoms with E-state index in [4.69, 9.17) is 4.74 Å². The highest BCUT2D eigenvalue weighted by Crippen LogP contribution is 2.26. The Bertz CT molecular complexity index is 871. The molecule has 4 rings (SSSR count). The van der Waals surface area contributed by atoms with Gasteiger partial charge in [0, 0.05) is 44.1 Å². The monoisotopic (exact) mass is 337 g/mol. The normalized spacial score (nSPS) is 17.6. The largest absolute Gasteiger partial charge is 0.377 e. The van der Waals surface area contributed by atoms with Gasteiger partial charge in [-0.3, -0.25) is 9.78 Å². The number of aromatic nitrogens is 4. The number of carbonyl (C=O) groups is 1. The fourth-order valence-electron chi connectivity index (χ4n) is 3.16. The maximum atomic E-state index is 13.1. The molecule has 1 saturated heterocycles. The number of carbonyl (C=O) groups excluding carboxylic acids is 1. The van der Waals surface area contributed by atoms with Gasteiger partial charge in [0.1, 0.15) is 5.69 Å². The lowest BCUT2D eigenvalue weighted by atomic mass is 10.1. The summed E-state index contributed by atoms with van der Waals surface area (Å²) in [7, 11) is 1.98. The summed E-state index contributed by atoms with van der Waals surface area (Å²) in [4.78, 5) is 19.2. The van der Waals surface area contributed by atoms with Crippen molar-refractivity contribution >= 4 is 5.91 Å². The lowest BCUT2D eigenvalue weighted by Gasteiger charge is -2.35. The van der Waals surface area contributed by atoms with Gasteiger partial charge in [-0.1, -0.05) is 0 Å². The van der Waals surface area contributed by atoms with E-state index in [-0.39, 0.29) is 11.9 Å². The highest BCUT2D eigenvalue weighted by Gasteiger charge is 2.31. The molecule has 4 heterocycles. The molecule has 0 N–H and O–H groups in total. The van der Waals surface area contributed by atoms with E-state index >= 15 is 0 Å². The quantitative estimate of drug-likeness (QED) is 0.731. The van der Waals surface area contributed by atoms with Gasteiger partial charge in [-0.05, 0) is 30.3 Å². The van der Waals surface area contributed by atoms with Crippen molar-refractivity contribution in [1.29, 1.82) is 0 Å². The number of morpholine rings is 1. The second-order valence-electron chi connectivity index (χ2n) is 5.98. The van der Waals surface area contributed by atoms with E-state index in [1.54, 1.807) is 23.1 Å². The Morgan fingerprint density at radius 1 is 1.24 bits per heavy atom. The minimum absolute atomic E-state index is 0.0940. The standard InChI is InChI=1S/C18H19N5O2/c1-21-8-2-4-16(21)17-13-25-11-10-22(17)18(24)15-12-14(5-7-19-15)23-9-3-6-20-23/h2-9,12,17H,10-11,13H2,1H3/t17-/m1/s1. The van der Waals surface area contributed by atoms with Crippen LogP contribution in [0.15, 0.2) is 55.1 Å². The zero-order valence-electron chi connectivity index (χ0n) is 13.9. The first-order valence-corrected chi connectivity index (χ1v) is 8.20. The Morgan fingerprint density at radius 3 is 2.92 bits per heavy atom. The second-order valence-corrected chi connectivity index (χ2v) is 5.98. The Labute approximate surface area is 145 Å². The third-order valence-electron chi connectivity index (χ3n) is 4.45. The van der Waals surface area contributed by atoms with Gasteiger partial charge in [0.05, 0.1) is 24.9 Å². The molecule has 3 aromatic rings. The number of nitrogens with zero attached hydrogens (tertiary/aromatic N) is 5. The van der Waals surface area contributed by atoms with Gasteiger partial charge in [0.2, 0.25) is 0 Å². The number of hydrogen-bond acceptors (Lipinski definition) is 4. The van der Waals surface area contributed by atoms with E-state index in [0.717, 1.165) is 11.4 Å². The maximum Gasteiger partial charge on any atom is 0.273 e. The molecule has 7 heteroatoms. The van der Waals surface area contributed by atoms with Gasteiger partial charge in [-0.2, -0.15) is 5.10 Å². The van der Waals surface area contributed by atoms with Crippen molar-refractivity contribution in [1.82, 2.24) is 24.2 Å². The minimum atomic E-state index is -0.114. The Morgan fingerprint density at radius 2 is 2.16 bits per heavy atom. The first kappa shape index (κ1) is 15.6. The molecule has 0 saturated carbocycles. The Hall–Kier alpha value is -2.93. The molecule has 3 aromatic heterocycles. The molecule has 128 valence electrons. The molecule has 0 aromatic carbocycles. The molecule has 0 unspecified atom stereocenters. The van der Waals surface area contributed by atoms with Gasteiger partial charge < -0.3 is 14.2 Å². The summed E-state index contributed by atoms with van der Waals surface area (Å²) in [5.74, 6) is -0.0940. The fraction of sp³-hybridized carbons (Fsp3) is 0.278. The highest BCUT2D eigenvalue weighted by atomic mass is 16.5. The van der Waals surface area contributed by atoms with E-state index in [1.807, 2.05) is 53.2 Å². The predicted octanol–water partition coefficient (Wildman–Crippen LogP) is 1.82. The summed E-state index contributed by atoms with van der Waals surface area (Å²) in [5.41, 5.74) is 2.28. The van der Waals surface area contributed by atoms with Crippen molar-refractivity contribution in [2.75, 3.05) is 19.8 Å². The Balaban J connectivity index is 1.65. The van der Waals surface area contributed by atoms with Crippen LogP contribution in [-0.4, -0.2) is 49.9 Å². The SMILES string of the molecule is Cn1cccc1[C@H]1COCCN1C(=O)c1cc(-n2cccn2)ccn1. The van der Waals surface area contributed by atoms with Crippen molar-refractivity contribution in [3.8, 4) is 5.69 Å². The van der Waals surface area contributed by atoms with Gasteiger partial charge in [-0.15, -0.1) is 0 Å². The van der Waals surface area contributed by atoms with Crippen LogP contribution >= 0.6 is 0 Å². The highest BCUT2D eigenvalue weighted by molar-refractivity contribution is 5.93. The van der Waals surface area contributed by atoms with Crippen LogP contribution in [0.25, 0.3) is 5.69 Å². The van der Waals surface area contributed by atoms with Crippen LogP contribution in [0.4, 0.5) is 0 Å². The van der Waals surface area contributed by atoms with E-state index in [0.29, 0.717) is 25.5 Å². The van der Waals surface area contributed by atoms with Crippen molar-refractivity contribution in [3.05, 3.63) is 66.5 Å². The lowest BCUT2D eigenvalue weighted by Crippen LogP contribution is -2.44. The van der Waals surface area contributed by atoms with Crippen LogP contribution in [0.5, 0.6) is 0 Å². The minimum Gasteiger partial charge on any atom is -0.377 e. The first-order valence-electron chi connectivity index (χ1n) is 8.20. The number of ether oxygens (including phenoxy) is 1. The second kappa shape index (κ2) is 6.52. The van der Waals surface area contributed by atoms with Crippen LogP contribution in [0, 0.1) is 0 Å². The molecule has 0 radical (unpaired) electrons. The van der Waals surface area contributed by atoms with Crippen molar-refractivity contribution in [2.45, 2.75) is 6.04 Å². The van der Waals surface area contributed by atoms with E-state index in [9.17, 15) is 4.79 Å². The Kier molecular flexibility index (Phi) is 4.07. The lowest BCUT2D eigenvalue weighted by molar-refractivity contribution is -0.00494. The van der Waals surface area contributed by atoms with Crippen molar-refractivity contribution in [2.24, 2.45) is 7.05 Å². The first-order chi connectivity index (χ1) is 12.2. The van der Waals surface area contributed by atoms with Crippen LogP contribution in [0.3, 0.4) is 0 Å². The van der Waals surface area contributed by atoms with Crippen molar-refractivity contribution in [3.63, 3.8) is 0 Å². The summed E-state index contributed by atoms with van der Waals surface area (Å²) in [5, 5.41) is 4.21. The number of rotatable bonds is 3. The summed E-state index contributed by atoms with van der Waals surface area (Å²) in [6.45, 7) is 1.57. The molecule has 1 atom stereocenters. The third-order valence-corrected chi connectivity index (χ3v) is 4.45. The summed E-state index contributed by atoms with van der Waals surface area (Å²) in [6.07, 6.45) is 7.16. The average molecular weight is 337 g/mol. The van der Waals surface area contributed by atoms with E-state index < -0.39 is 0 Å². The molecule has 7 nitrogen and oxygen atoms in total. The summed E-state index contributed by atoms with van der Waals surface area (Å²) >= 11 is 0. The summed E-state index contributed by atoms with van der Waals surface area (Å²) < 4.78 is 9.35. The van der Waals surface area contributed by atoms with Crippen LogP contribution < -0.4 is 0 Å². The summed E-state index contributed by atoms with van der Waals surface area (Å²) in [6, 6.07) is 9.33. The molecular weight excluding hydrogens is 318 g/mol. The van der Waals surface area contributed by atoms with Gasteiger partial charge in [-0.25, -0.2) is 4.68 Å².